The number of hydrogen-bond acceptors (Lipinski definition) is 5. The molecular weight excluding hydrogens is 438 g/mol. The van der Waals surface area contributed by atoms with Gasteiger partial charge in [-0.25, -0.2) is 9.78 Å². The fraction of sp³-hybridized carbons (Fsp3) is 0.231. The lowest BCUT2D eigenvalue weighted by Crippen LogP contribution is -2.37. The Bertz CT molecular complexity index is 1210. The average Bonchev–Trinajstić information content (AvgIpc) is 3.21. The van der Waals surface area contributed by atoms with Gasteiger partial charge in [0.2, 0.25) is 0 Å². The summed E-state index contributed by atoms with van der Waals surface area (Å²) in [5.74, 6) is 0.264. The van der Waals surface area contributed by atoms with E-state index in [0.29, 0.717) is 28.4 Å². The highest BCUT2D eigenvalue weighted by atomic mass is 35.5. The van der Waals surface area contributed by atoms with E-state index in [4.69, 9.17) is 16.3 Å². The van der Waals surface area contributed by atoms with E-state index < -0.39 is 11.7 Å². The second-order valence-corrected chi connectivity index (χ2v) is 9.18. The molecule has 1 aliphatic carbocycles. The van der Waals surface area contributed by atoms with E-state index in [-0.39, 0.29) is 12.3 Å². The summed E-state index contributed by atoms with van der Waals surface area (Å²) in [5.41, 5.74) is 3.01. The highest BCUT2D eigenvalue weighted by Gasteiger charge is 2.26. The van der Waals surface area contributed by atoms with Crippen LogP contribution in [0.25, 0.3) is 5.57 Å². The van der Waals surface area contributed by atoms with Crippen molar-refractivity contribution in [2.24, 2.45) is 0 Å². The number of hydrogen-bond donors (Lipinski definition) is 0. The van der Waals surface area contributed by atoms with Crippen molar-refractivity contribution >= 4 is 34.9 Å². The van der Waals surface area contributed by atoms with Gasteiger partial charge in [0.05, 0.1) is 12.2 Å². The summed E-state index contributed by atoms with van der Waals surface area (Å²) in [5, 5.41) is 0.613. The number of benzene rings is 1. The Balaban J connectivity index is 1.59. The number of Topliss-reactive ketones (excluding diaryl/α,β-unsaturated/α-hetero) is 1. The summed E-state index contributed by atoms with van der Waals surface area (Å²) in [4.78, 5) is 36.2. The summed E-state index contributed by atoms with van der Waals surface area (Å²) in [6.07, 6.45) is 5.22. The van der Waals surface area contributed by atoms with E-state index in [1.807, 2.05) is 51.1 Å². The fourth-order valence-electron chi connectivity index (χ4n) is 3.53. The van der Waals surface area contributed by atoms with Crippen LogP contribution in [-0.4, -0.2) is 27.4 Å². The topological polar surface area (TPSA) is 72.4 Å². The Labute approximate surface area is 197 Å². The molecule has 3 aromatic rings. The van der Waals surface area contributed by atoms with Crippen molar-refractivity contribution in [1.82, 2.24) is 9.97 Å². The number of ketones is 1. The molecule has 1 aliphatic rings. The highest BCUT2D eigenvalue weighted by Crippen LogP contribution is 2.29. The van der Waals surface area contributed by atoms with Gasteiger partial charge in [0.25, 0.3) is 0 Å². The molecule has 0 aliphatic heterocycles. The first kappa shape index (κ1) is 22.7. The second-order valence-electron chi connectivity index (χ2n) is 8.75. The van der Waals surface area contributed by atoms with Gasteiger partial charge in [0.15, 0.2) is 5.78 Å². The van der Waals surface area contributed by atoms with Crippen LogP contribution in [-0.2, 0) is 17.7 Å². The summed E-state index contributed by atoms with van der Waals surface area (Å²) in [6.45, 7) is 5.67. The van der Waals surface area contributed by atoms with Gasteiger partial charge in [-0.15, -0.1) is 0 Å². The number of anilines is 1. The summed E-state index contributed by atoms with van der Waals surface area (Å²) < 4.78 is 5.59. The summed E-state index contributed by atoms with van der Waals surface area (Å²) in [6, 6.07) is 14.3. The third-order valence-corrected chi connectivity index (χ3v) is 5.33. The standard InChI is InChI=1S/C26H24ClN3O3/c1-26(2,3)33-25(32)30(16-17-6-9-19(27)10-7-17)23-13-8-18(15-29-23)24(31)21-11-12-22-20(21)5-4-14-28-22/h4-11,13-15H,12,16H2,1-3H3. The van der Waals surface area contributed by atoms with Gasteiger partial charge in [-0.2, -0.15) is 0 Å². The minimum absolute atomic E-state index is 0.123. The van der Waals surface area contributed by atoms with Crippen molar-refractivity contribution in [2.45, 2.75) is 39.3 Å². The van der Waals surface area contributed by atoms with Crippen molar-refractivity contribution in [3.8, 4) is 0 Å². The zero-order valence-electron chi connectivity index (χ0n) is 18.7. The van der Waals surface area contributed by atoms with E-state index >= 15 is 0 Å². The Kier molecular flexibility index (Phi) is 6.29. The molecule has 1 amide bonds. The molecule has 4 rings (SSSR count). The third-order valence-electron chi connectivity index (χ3n) is 5.08. The maximum absolute atomic E-state index is 13.1. The molecule has 0 bridgehead atoms. The van der Waals surface area contributed by atoms with E-state index in [1.165, 1.54) is 11.1 Å². The molecule has 33 heavy (non-hydrogen) atoms. The summed E-state index contributed by atoms with van der Waals surface area (Å²) >= 11 is 5.99. The molecule has 0 saturated carbocycles. The lowest BCUT2D eigenvalue weighted by Gasteiger charge is -2.27. The molecule has 0 atom stereocenters. The predicted molar refractivity (Wildman–Crippen MR) is 128 cm³/mol. The number of rotatable bonds is 5. The quantitative estimate of drug-likeness (QED) is 0.442. The molecule has 0 radical (unpaired) electrons. The molecule has 1 aromatic carbocycles. The van der Waals surface area contributed by atoms with Crippen LogP contribution in [0.15, 0.2) is 67.0 Å². The van der Waals surface area contributed by atoms with Crippen LogP contribution in [0.4, 0.5) is 10.6 Å². The van der Waals surface area contributed by atoms with E-state index in [9.17, 15) is 9.59 Å². The van der Waals surface area contributed by atoms with Crippen molar-refractivity contribution in [2.75, 3.05) is 4.90 Å². The van der Waals surface area contributed by atoms with Crippen LogP contribution >= 0.6 is 11.6 Å². The molecule has 0 unspecified atom stereocenters. The smallest absolute Gasteiger partial charge is 0.416 e. The van der Waals surface area contributed by atoms with Crippen LogP contribution in [0, 0.1) is 0 Å². The van der Waals surface area contributed by atoms with E-state index in [0.717, 1.165) is 16.8 Å². The number of ether oxygens (including phenoxy) is 1. The lowest BCUT2D eigenvalue weighted by molar-refractivity contribution is 0.0576. The maximum Gasteiger partial charge on any atom is 0.416 e. The monoisotopic (exact) mass is 461 g/mol. The number of carbonyl (C=O) groups is 2. The summed E-state index contributed by atoms with van der Waals surface area (Å²) in [7, 11) is 0. The van der Waals surface area contributed by atoms with E-state index in [2.05, 4.69) is 9.97 Å². The minimum atomic E-state index is -0.665. The molecule has 168 valence electrons. The number of amides is 1. The molecule has 0 N–H and O–H groups in total. The van der Waals surface area contributed by atoms with Crippen molar-refractivity contribution < 1.29 is 14.3 Å². The van der Waals surface area contributed by atoms with Gasteiger partial charge in [0, 0.05) is 40.5 Å². The van der Waals surface area contributed by atoms with Gasteiger partial charge < -0.3 is 4.74 Å². The number of allylic oxidation sites excluding steroid dienone is 2. The maximum atomic E-state index is 13.1. The first-order valence-electron chi connectivity index (χ1n) is 10.6. The van der Waals surface area contributed by atoms with Crippen molar-refractivity contribution in [3.63, 3.8) is 0 Å². The zero-order chi connectivity index (χ0) is 23.6. The van der Waals surface area contributed by atoms with E-state index in [1.54, 1.807) is 30.5 Å². The Hall–Kier alpha value is -3.51. The Morgan fingerprint density at radius 3 is 2.48 bits per heavy atom. The van der Waals surface area contributed by atoms with Crippen LogP contribution < -0.4 is 4.90 Å². The molecule has 0 fully saturated rings. The number of carbonyl (C=O) groups excluding carboxylic acids is 2. The van der Waals surface area contributed by atoms with Gasteiger partial charge in [0.1, 0.15) is 11.4 Å². The molecule has 7 heteroatoms. The Morgan fingerprint density at radius 2 is 1.82 bits per heavy atom. The predicted octanol–water partition coefficient (Wildman–Crippen LogP) is 5.89. The van der Waals surface area contributed by atoms with Gasteiger partial charge >= 0.3 is 6.09 Å². The van der Waals surface area contributed by atoms with Gasteiger partial charge in [-0.1, -0.05) is 35.9 Å². The van der Waals surface area contributed by atoms with Crippen molar-refractivity contribution in [3.05, 3.63) is 94.4 Å². The first-order valence-corrected chi connectivity index (χ1v) is 11.0. The van der Waals surface area contributed by atoms with Gasteiger partial charge in [-0.05, 0) is 56.7 Å². The number of aromatic nitrogens is 2. The van der Waals surface area contributed by atoms with Crippen LogP contribution in [0.2, 0.25) is 5.02 Å². The zero-order valence-corrected chi connectivity index (χ0v) is 19.5. The second kappa shape index (κ2) is 9.16. The van der Waals surface area contributed by atoms with Crippen LogP contribution in [0.1, 0.15) is 48.0 Å². The number of pyridine rings is 2. The molecule has 0 saturated heterocycles. The molecular formula is C26H24ClN3O3. The normalized spacial score (nSPS) is 12.7. The third kappa shape index (κ3) is 5.29. The SMILES string of the molecule is CC(C)(C)OC(=O)N(Cc1ccc(Cl)cc1)c1ccc(C(=O)C2=CCc3ncccc32)cn1. The van der Waals surface area contributed by atoms with Crippen LogP contribution in [0.5, 0.6) is 0 Å². The molecule has 2 heterocycles. The van der Waals surface area contributed by atoms with Crippen LogP contribution in [0.3, 0.4) is 0 Å². The first-order chi connectivity index (χ1) is 15.7. The highest BCUT2D eigenvalue weighted by molar-refractivity contribution is 6.30. The lowest BCUT2D eigenvalue weighted by atomic mass is 10.0. The largest absolute Gasteiger partial charge is 0.443 e. The number of nitrogens with zero attached hydrogens (tertiary/aromatic N) is 3. The fourth-order valence-corrected chi connectivity index (χ4v) is 3.66. The molecule has 6 nitrogen and oxygen atoms in total. The minimum Gasteiger partial charge on any atom is -0.443 e. The van der Waals surface area contributed by atoms with Gasteiger partial charge in [-0.3, -0.25) is 14.7 Å². The molecule has 0 spiro atoms. The Morgan fingerprint density at radius 1 is 1.06 bits per heavy atom. The van der Waals surface area contributed by atoms with Crippen molar-refractivity contribution in [1.29, 1.82) is 0 Å². The number of fused-ring (bicyclic) bond motifs is 1. The molecule has 2 aromatic heterocycles. The average molecular weight is 462 g/mol. The number of halogens is 1.